The van der Waals surface area contributed by atoms with Gasteiger partial charge in [0.25, 0.3) is 0 Å². The summed E-state index contributed by atoms with van der Waals surface area (Å²) in [5.74, 6) is -0.301. The zero-order valence-corrected chi connectivity index (χ0v) is 8.36. The summed E-state index contributed by atoms with van der Waals surface area (Å²) in [5.41, 5.74) is 5.63. The number of amidine groups is 2. The van der Waals surface area contributed by atoms with Crippen LogP contribution in [0, 0.1) is 5.95 Å². The van der Waals surface area contributed by atoms with E-state index in [4.69, 9.17) is 0 Å². The van der Waals surface area contributed by atoms with Gasteiger partial charge >= 0.3 is 0 Å². The fourth-order valence-electron chi connectivity index (χ4n) is 1.07. The van der Waals surface area contributed by atoms with Crippen molar-refractivity contribution in [1.29, 1.82) is 0 Å². The summed E-state index contributed by atoms with van der Waals surface area (Å²) >= 11 is 0. The van der Waals surface area contributed by atoms with Gasteiger partial charge in [0.15, 0.2) is 11.6 Å². The lowest BCUT2D eigenvalue weighted by molar-refractivity contribution is -0.111. The largest absolute Gasteiger partial charge is 0.291 e. The number of hydrogen-bond acceptors (Lipinski definition) is 6. The molecule has 0 bridgehead atoms. The number of Topliss-reactive ketones (excluding diaryl/α,β-unsaturated/α-hetero) is 1. The van der Waals surface area contributed by atoms with Crippen LogP contribution in [0.1, 0.15) is 12.5 Å². The molecule has 2 rings (SSSR count). The van der Waals surface area contributed by atoms with Crippen molar-refractivity contribution in [2.45, 2.75) is 6.92 Å². The maximum Gasteiger partial charge on any atom is 0.212 e. The molecule has 0 aliphatic carbocycles. The number of hydrogen-bond donors (Lipinski definition) is 2. The van der Waals surface area contributed by atoms with Gasteiger partial charge in [-0.25, -0.2) is 4.98 Å². The van der Waals surface area contributed by atoms with Gasteiger partial charge in [0, 0.05) is 18.7 Å². The van der Waals surface area contributed by atoms with E-state index in [2.05, 4.69) is 26.0 Å². The predicted molar refractivity (Wildman–Crippen MR) is 55.1 cm³/mol. The van der Waals surface area contributed by atoms with Gasteiger partial charge < -0.3 is 0 Å². The standard InChI is InChI=1S/C9H8FN5O/c1-5(16)8-12-14-9(15-13-8)6-2-3-7(10)11-4-6/h2-4H,1H3,(H,12,13)(H,14,15). The highest BCUT2D eigenvalue weighted by Crippen LogP contribution is 2.01. The number of rotatable bonds is 2. The van der Waals surface area contributed by atoms with Gasteiger partial charge in [-0.15, -0.1) is 0 Å². The van der Waals surface area contributed by atoms with Crippen molar-refractivity contribution >= 4 is 17.5 Å². The average Bonchev–Trinajstić information content (AvgIpc) is 2.30. The molecule has 1 aromatic rings. The Balaban J connectivity index is 2.15. The Bertz CT molecular complexity index is 479. The first-order chi connectivity index (χ1) is 7.66. The van der Waals surface area contributed by atoms with Crippen molar-refractivity contribution in [1.82, 2.24) is 15.8 Å². The van der Waals surface area contributed by atoms with Crippen LogP contribution in [0.25, 0.3) is 0 Å². The van der Waals surface area contributed by atoms with E-state index >= 15 is 0 Å². The first-order valence-corrected chi connectivity index (χ1v) is 4.47. The Hall–Kier alpha value is -2.31. The van der Waals surface area contributed by atoms with Crippen molar-refractivity contribution < 1.29 is 9.18 Å². The van der Waals surface area contributed by atoms with E-state index < -0.39 is 5.95 Å². The molecule has 0 unspecified atom stereocenters. The monoisotopic (exact) mass is 221 g/mol. The molecule has 7 heteroatoms. The number of nitrogens with one attached hydrogen (secondary N) is 2. The molecule has 0 spiro atoms. The van der Waals surface area contributed by atoms with Crippen LogP contribution in [-0.4, -0.2) is 22.4 Å². The third-order valence-electron chi connectivity index (χ3n) is 1.88. The van der Waals surface area contributed by atoms with Crippen LogP contribution in [0.5, 0.6) is 0 Å². The highest BCUT2D eigenvalue weighted by molar-refractivity contribution is 6.38. The summed E-state index contributed by atoms with van der Waals surface area (Å²) in [6, 6.07) is 2.72. The number of aromatic nitrogens is 1. The third-order valence-corrected chi connectivity index (χ3v) is 1.88. The lowest BCUT2D eigenvalue weighted by Gasteiger charge is -2.12. The molecule has 0 aromatic carbocycles. The number of halogens is 1. The van der Waals surface area contributed by atoms with Crippen LogP contribution >= 0.6 is 0 Å². The van der Waals surface area contributed by atoms with Crippen LogP contribution in [0.15, 0.2) is 28.5 Å². The maximum atomic E-state index is 12.6. The van der Waals surface area contributed by atoms with E-state index in [-0.39, 0.29) is 11.6 Å². The van der Waals surface area contributed by atoms with Gasteiger partial charge in [0.05, 0.1) is 0 Å². The molecular formula is C9H8FN5O. The first-order valence-electron chi connectivity index (χ1n) is 4.47. The summed E-state index contributed by atoms with van der Waals surface area (Å²) in [4.78, 5) is 14.4. The summed E-state index contributed by atoms with van der Waals surface area (Å²) in [7, 11) is 0. The number of pyridine rings is 1. The minimum atomic E-state index is -0.568. The minimum absolute atomic E-state index is 0.124. The van der Waals surface area contributed by atoms with Gasteiger partial charge in [0.1, 0.15) is 0 Å². The Kier molecular flexibility index (Phi) is 2.59. The van der Waals surface area contributed by atoms with Crippen molar-refractivity contribution in [2.75, 3.05) is 0 Å². The van der Waals surface area contributed by atoms with Gasteiger partial charge in [-0.05, 0) is 12.1 Å². The van der Waals surface area contributed by atoms with E-state index in [1.54, 1.807) is 0 Å². The van der Waals surface area contributed by atoms with E-state index in [0.717, 1.165) is 0 Å². The minimum Gasteiger partial charge on any atom is -0.291 e. The summed E-state index contributed by atoms with van der Waals surface area (Å²) in [6.07, 6.45) is 1.32. The van der Waals surface area contributed by atoms with E-state index in [0.29, 0.717) is 11.4 Å². The van der Waals surface area contributed by atoms with Crippen LogP contribution in [0.4, 0.5) is 4.39 Å². The molecule has 0 saturated heterocycles. The molecule has 0 amide bonds. The third kappa shape index (κ3) is 2.02. The van der Waals surface area contributed by atoms with Gasteiger partial charge in [-0.2, -0.15) is 14.6 Å². The molecule has 82 valence electrons. The molecule has 0 saturated carbocycles. The predicted octanol–water partition coefficient (Wildman–Crippen LogP) is -0.0224. The van der Waals surface area contributed by atoms with Crippen LogP contribution in [-0.2, 0) is 4.79 Å². The number of nitrogens with zero attached hydrogens (tertiary/aromatic N) is 3. The number of hydrazone groups is 2. The maximum absolute atomic E-state index is 12.6. The number of carbonyl (C=O) groups is 1. The second-order valence-electron chi connectivity index (χ2n) is 3.07. The van der Waals surface area contributed by atoms with Crippen LogP contribution in [0.2, 0.25) is 0 Å². The first kappa shape index (κ1) is 10.2. The van der Waals surface area contributed by atoms with Gasteiger partial charge in [0.2, 0.25) is 11.8 Å². The molecule has 0 radical (unpaired) electrons. The fraction of sp³-hybridized carbons (Fsp3) is 0.111. The van der Waals surface area contributed by atoms with Crippen LogP contribution < -0.4 is 10.9 Å². The molecule has 1 aliphatic heterocycles. The quantitative estimate of drug-likeness (QED) is 0.688. The smallest absolute Gasteiger partial charge is 0.212 e. The molecular weight excluding hydrogens is 213 g/mol. The molecule has 16 heavy (non-hydrogen) atoms. The van der Waals surface area contributed by atoms with Crippen molar-refractivity contribution in [3.8, 4) is 0 Å². The molecule has 6 nitrogen and oxygen atoms in total. The molecule has 0 fully saturated rings. The molecule has 1 aliphatic rings. The second kappa shape index (κ2) is 4.05. The van der Waals surface area contributed by atoms with Crippen molar-refractivity contribution in [3.63, 3.8) is 0 Å². The van der Waals surface area contributed by atoms with Gasteiger partial charge in [-0.3, -0.25) is 15.6 Å². The van der Waals surface area contributed by atoms with E-state index in [9.17, 15) is 9.18 Å². The zero-order valence-electron chi connectivity index (χ0n) is 8.36. The van der Waals surface area contributed by atoms with E-state index in [1.165, 1.54) is 25.3 Å². The molecule has 0 atom stereocenters. The number of ketones is 1. The Labute approximate surface area is 90.3 Å². The molecule has 2 heterocycles. The highest BCUT2D eigenvalue weighted by atomic mass is 19.1. The highest BCUT2D eigenvalue weighted by Gasteiger charge is 2.12. The van der Waals surface area contributed by atoms with Crippen molar-refractivity contribution in [3.05, 3.63) is 29.8 Å². The lowest BCUT2D eigenvalue weighted by atomic mass is 10.2. The normalized spacial score (nSPS) is 14.4. The SMILES string of the molecule is CC(=O)C1=NNC(c2ccc(F)nc2)=NN1. The summed E-state index contributed by atoms with van der Waals surface area (Å²) in [6.45, 7) is 1.37. The van der Waals surface area contributed by atoms with Gasteiger partial charge in [-0.1, -0.05) is 0 Å². The molecule has 1 aromatic heterocycles. The zero-order chi connectivity index (χ0) is 11.5. The lowest BCUT2D eigenvalue weighted by Crippen LogP contribution is -2.37. The fourth-order valence-corrected chi connectivity index (χ4v) is 1.07. The second-order valence-corrected chi connectivity index (χ2v) is 3.07. The Morgan fingerprint density at radius 3 is 2.62 bits per heavy atom. The Morgan fingerprint density at radius 1 is 1.31 bits per heavy atom. The molecule has 2 N–H and O–H groups in total. The topological polar surface area (TPSA) is 78.7 Å². The number of carbonyl (C=O) groups excluding carboxylic acids is 1. The van der Waals surface area contributed by atoms with E-state index in [1.807, 2.05) is 0 Å². The summed E-state index contributed by atoms with van der Waals surface area (Å²) in [5, 5.41) is 7.64. The summed E-state index contributed by atoms with van der Waals surface area (Å²) < 4.78 is 12.6. The Morgan fingerprint density at radius 2 is 2.12 bits per heavy atom. The average molecular weight is 221 g/mol. The van der Waals surface area contributed by atoms with Crippen molar-refractivity contribution in [2.24, 2.45) is 10.2 Å². The van der Waals surface area contributed by atoms with Crippen LogP contribution in [0.3, 0.4) is 0 Å².